The molecule has 0 bridgehead atoms. The third-order valence-electron chi connectivity index (χ3n) is 2.99. The number of nitrogens with two attached hydrogens (primary N) is 1. The van der Waals surface area contributed by atoms with Gasteiger partial charge in [-0.1, -0.05) is 18.2 Å². The number of para-hydroxylation sites is 1. The molecule has 3 rings (SSSR count). The SMILES string of the molecule is NC1(c2c[nH]c3ccccc23)C=CC(Br)=CN1. The lowest BCUT2D eigenvalue weighted by Gasteiger charge is -2.29. The number of halogens is 1. The van der Waals surface area contributed by atoms with Crippen molar-refractivity contribution in [2.75, 3.05) is 0 Å². The lowest BCUT2D eigenvalue weighted by Crippen LogP contribution is -2.47. The maximum absolute atomic E-state index is 6.37. The van der Waals surface area contributed by atoms with E-state index in [1.165, 1.54) is 0 Å². The Morgan fingerprint density at radius 2 is 2.06 bits per heavy atom. The highest BCUT2D eigenvalue weighted by molar-refractivity contribution is 9.11. The summed E-state index contributed by atoms with van der Waals surface area (Å²) in [6.07, 6.45) is 7.72. The van der Waals surface area contributed by atoms with Crippen LogP contribution in [0.15, 0.2) is 53.3 Å². The monoisotopic (exact) mass is 289 g/mol. The van der Waals surface area contributed by atoms with Crippen LogP contribution < -0.4 is 11.1 Å². The zero-order valence-electron chi connectivity index (χ0n) is 9.07. The van der Waals surface area contributed by atoms with E-state index in [1.54, 1.807) is 0 Å². The summed E-state index contributed by atoms with van der Waals surface area (Å²) < 4.78 is 0.985. The number of hydrogen-bond donors (Lipinski definition) is 3. The minimum absolute atomic E-state index is 0.656. The molecular formula is C13H12BrN3. The van der Waals surface area contributed by atoms with Gasteiger partial charge in [0.2, 0.25) is 0 Å². The number of benzene rings is 1. The second-order valence-electron chi connectivity index (χ2n) is 4.12. The van der Waals surface area contributed by atoms with E-state index in [-0.39, 0.29) is 0 Å². The van der Waals surface area contributed by atoms with Gasteiger partial charge in [-0.2, -0.15) is 0 Å². The maximum Gasteiger partial charge on any atom is 0.133 e. The highest BCUT2D eigenvalue weighted by Gasteiger charge is 2.27. The number of aromatic amines is 1. The molecule has 0 radical (unpaired) electrons. The molecule has 0 fully saturated rings. The number of aromatic nitrogens is 1. The van der Waals surface area contributed by atoms with E-state index in [2.05, 4.69) is 32.3 Å². The minimum atomic E-state index is -0.656. The van der Waals surface area contributed by atoms with Gasteiger partial charge < -0.3 is 16.0 Å². The van der Waals surface area contributed by atoms with Gasteiger partial charge in [-0.3, -0.25) is 0 Å². The minimum Gasteiger partial charge on any atom is -0.365 e. The van der Waals surface area contributed by atoms with Crippen LogP contribution in [-0.2, 0) is 5.66 Å². The topological polar surface area (TPSA) is 53.8 Å². The van der Waals surface area contributed by atoms with E-state index in [9.17, 15) is 0 Å². The summed E-state index contributed by atoms with van der Waals surface area (Å²) in [5.74, 6) is 0. The Hall–Kier alpha value is -1.52. The molecule has 1 aliphatic heterocycles. The predicted molar refractivity (Wildman–Crippen MR) is 73.4 cm³/mol. The molecule has 3 nitrogen and oxygen atoms in total. The lowest BCUT2D eigenvalue weighted by molar-refractivity contribution is 0.498. The second-order valence-corrected chi connectivity index (χ2v) is 5.04. The predicted octanol–water partition coefficient (Wildman–Crippen LogP) is 2.68. The molecule has 2 aromatic rings. The van der Waals surface area contributed by atoms with Crippen LogP contribution in [0, 0.1) is 0 Å². The van der Waals surface area contributed by atoms with E-state index in [0.717, 1.165) is 20.9 Å². The van der Waals surface area contributed by atoms with Gasteiger partial charge in [0.05, 0.1) is 0 Å². The van der Waals surface area contributed by atoms with Crippen molar-refractivity contribution in [3.05, 3.63) is 58.9 Å². The maximum atomic E-state index is 6.37. The molecule has 86 valence electrons. The van der Waals surface area contributed by atoms with Gasteiger partial charge in [0, 0.05) is 33.3 Å². The molecule has 1 unspecified atom stereocenters. The molecule has 1 aromatic heterocycles. The van der Waals surface area contributed by atoms with Crippen molar-refractivity contribution >= 4 is 26.8 Å². The normalized spacial score (nSPS) is 23.5. The first-order chi connectivity index (χ1) is 8.19. The lowest BCUT2D eigenvalue weighted by atomic mass is 9.98. The zero-order valence-corrected chi connectivity index (χ0v) is 10.7. The van der Waals surface area contributed by atoms with Crippen molar-refractivity contribution in [3.63, 3.8) is 0 Å². The van der Waals surface area contributed by atoms with Crippen molar-refractivity contribution in [3.8, 4) is 0 Å². The third-order valence-corrected chi connectivity index (χ3v) is 3.48. The first-order valence-corrected chi connectivity index (χ1v) is 6.16. The average molecular weight is 290 g/mol. The van der Waals surface area contributed by atoms with Crippen LogP contribution in [0.3, 0.4) is 0 Å². The Labute approximate surface area is 108 Å². The quantitative estimate of drug-likeness (QED) is 0.756. The van der Waals surface area contributed by atoms with Gasteiger partial charge >= 0.3 is 0 Å². The molecular weight excluding hydrogens is 278 g/mol. The van der Waals surface area contributed by atoms with Gasteiger partial charge in [-0.05, 0) is 34.1 Å². The fourth-order valence-corrected chi connectivity index (χ4v) is 2.32. The number of fused-ring (bicyclic) bond motifs is 1. The van der Waals surface area contributed by atoms with E-state index >= 15 is 0 Å². The van der Waals surface area contributed by atoms with Gasteiger partial charge in [-0.25, -0.2) is 0 Å². The standard InChI is InChI=1S/C13H12BrN3/c14-9-5-6-13(15,17-7-9)11-8-16-12-4-2-1-3-10(11)12/h1-8,16-17H,15H2. The number of H-pyrrole nitrogens is 1. The van der Waals surface area contributed by atoms with Gasteiger partial charge in [0.15, 0.2) is 0 Å². The van der Waals surface area contributed by atoms with Crippen LogP contribution in [-0.4, -0.2) is 4.98 Å². The number of nitrogens with one attached hydrogen (secondary N) is 2. The molecule has 2 heterocycles. The van der Waals surface area contributed by atoms with Gasteiger partial charge in [0.25, 0.3) is 0 Å². The molecule has 17 heavy (non-hydrogen) atoms. The Morgan fingerprint density at radius 1 is 1.24 bits per heavy atom. The first kappa shape index (κ1) is 10.6. The molecule has 0 saturated carbocycles. The van der Waals surface area contributed by atoms with Crippen LogP contribution in [0.1, 0.15) is 5.56 Å². The summed E-state index contributed by atoms with van der Waals surface area (Å²) in [6.45, 7) is 0. The van der Waals surface area contributed by atoms with Crippen molar-refractivity contribution in [1.29, 1.82) is 0 Å². The van der Waals surface area contributed by atoms with Crippen LogP contribution in [0.25, 0.3) is 10.9 Å². The molecule has 1 aromatic carbocycles. The second kappa shape index (κ2) is 3.75. The highest BCUT2D eigenvalue weighted by atomic mass is 79.9. The summed E-state index contributed by atoms with van der Waals surface area (Å²) in [4.78, 5) is 3.24. The Morgan fingerprint density at radius 3 is 2.82 bits per heavy atom. The average Bonchev–Trinajstić information content (AvgIpc) is 2.78. The summed E-state index contributed by atoms with van der Waals surface area (Å²) in [7, 11) is 0. The highest BCUT2D eigenvalue weighted by Crippen LogP contribution is 2.29. The first-order valence-electron chi connectivity index (χ1n) is 5.37. The fourth-order valence-electron chi connectivity index (χ4n) is 2.08. The van der Waals surface area contributed by atoms with Crippen LogP contribution in [0.5, 0.6) is 0 Å². The van der Waals surface area contributed by atoms with E-state index in [0.29, 0.717) is 0 Å². The Kier molecular flexibility index (Phi) is 2.34. The summed E-state index contributed by atoms with van der Waals surface area (Å²) in [5, 5.41) is 4.34. The molecule has 1 aliphatic rings. The van der Waals surface area contributed by atoms with Crippen LogP contribution in [0.2, 0.25) is 0 Å². The number of rotatable bonds is 1. The molecule has 0 spiro atoms. The van der Waals surface area contributed by atoms with Crippen LogP contribution >= 0.6 is 15.9 Å². The molecule has 4 N–H and O–H groups in total. The molecule has 1 atom stereocenters. The van der Waals surface area contributed by atoms with Gasteiger partial charge in [-0.15, -0.1) is 0 Å². The number of hydrogen-bond acceptors (Lipinski definition) is 2. The smallest absolute Gasteiger partial charge is 0.133 e. The van der Waals surface area contributed by atoms with Crippen LogP contribution in [0.4, 0.5) is 0 Å². The van der Waals surface area contributed by atoms with E-state index < -0.39 is 5.66 Å². The third kappa shape index (κ3) is 1.69. The summed E-state index contributed by atoms with van der Waals surface area (Å²) in [6, 6.07) is 8.13. The van der Waals surface area contributed by atoms with Crippen molar-refractivity contribution in [2.24, 2.45) is 5.73 Å². The van der Waals surface area contributed by atoms with Crippen molar-refractivity contribution in [2.45, 2.75) is 5.66 Å². The van der Waals surface area contributed by atoms with E-state index in [4.69, 9.17) is 5.73 Å². The van der Waals surface area contributed by atoms with Crippen molar-refractivity contribution in [1.82, 2.24) is 10.3 Å². The zero-order chi connectivity index (χ0) is 11.9. The molecule has 4 heteroatoms. The fraction of sp³-hybridized carbons (Fsp3) is 0.0769. The van der Waals surface area contributed by atoms with E-state index in [1.807, 2.05) is 42.7 Å². The largest absolute Gasteiger partial charge is 0.365 e. The Bertz CT molecular complexity index is 626. The molecule has 0 amide bonds. The Balaban J connectivity index is 2.13. The molecule has 0 saturated heterocycles. The number of allylic oxidation sites excluding steroid dienone is 2. The number of dihydropyridines is 1. The van der Waals surface area contributed by atoms with Gasteiger partial charge in [0.1, 0.15) is 5.66 Å². The summed E-state index contributed by atoms with van der Waals surface area (Å²) in [5.41, 5.74) is 7.85. The van der Waals surface area contributed by atoms with Crippen molar-refractivity contribution < 1.29 is 0 Å². The summed E-state index contributed by atoms with van der Waals surface area (Å²) >= 11 is 3.40. The molecule has 0 aliphatic carbocycles.